The van der Waals surface area contributed by atoms with Gasteiger partial charge in [0.2, 0.25) is 0 Å². The first-order valence-electron chi connectivity index (χ1n) is 6.73. The summed E-state index contributed by atoms with van der Waals surface area (Å²) in [6.45, 7) is 1.91. The summed E-state index contributed by atoms with van der Waals surface area (Å²) < 4.78 is 0. The third kappa shape index (κ3) is 3.90. The highest BCUT2D eigenvalue weighted by atomic mass is 32.1. The molecule has 7 heteroatoms. The minimum Gasteiger partial charge on any atom is -0.388 e. The number of benzene rings is 1. The summed E-state index contributed by atoms with van der Waals surface area (Å²) in [4.78, 5) is 23.2. The lowest BCUT2D eigenvalue weighted by molar-refractivity contribution is -0.385. The van der Waals surface area contributed by atoms with Gasteiger partial charge in [0.15, 0.2) is 0 Å². The van der Waals surface area contributed by atoms with Crippen molar-refractivity contribution in [1.82, 2.24) is 5.32 Å². The number of carbonyl (C=O) groups excluding carboxylic acids is 1. The highest BCUT2D eigenvalue weighted by Gasteiger charge is 2.15. The Morgan fingerprint density at radius 1 is 1.45 bits per heavy atom. The van der Waals surface area contributed by atoms with Crippen LogP contribution in [-0.2, 0) is 0 Å². The Morgan fingerprint density at radius 2 is 2.23 bits per heavy atom. The summed E-state index contributed by atoms with van der Waals surface area (Å²) in [7, 11) is 0. The average molecular weight is 320 g/mol. The smallest absolute Gasteiger partial charge is 0.273 e. The van der Waals surface area contributed by atoms with Gasteiger partial charge >= 0.3 is 0 Å². The molecule has 0 spiro atoms. The van der Waals surface area contributed by atoms with E-state index in [9.17, 15) is 20.0 Å². The monoisotopic (exact) mass is 320 g/mol. The molecule has 2 rings (SSSR count). The zero-order valence-electron chi connectivity index (χ0n) is 12.0. The number of hydrogen-bond acceptors (Lipinski definition) is 5. The van der Waals surface area contributed by atoms with Crippen LogP contribution in [0.2, 0.25) is 0 Å². The lowest BCUT2D eigenvalue weighted by atomic mass is 10.1. The fourth-order valence-corrected chi connectivity index (χ4v) is 2.74. The Kier molecular flexibility index (Phi) is 5.24. The van der Waals surface area contributed by atoms with Gasteiger partial charge in [0.25, 0.3) is 11.6 Å². The summed E-state index contributed by atoms with van der Waals surface area (Å²) in [5.74, 6) is -0.388. The molecule has 0 bridgehead atoms. The first-order chi connectivity index (χ1) is 10.5. The molecule has 0 saturated heterocycles. The molecule has 1 heterocycles. The van der Waals surface area contributed by atoms with E-state index in [0.717, 1.165) is 4.88 Å². The summed E-state index contributed by atoms with van der Waals surface area (Å²) in [6.07, 6.45) is -0.229. The van der Waals surface area contributed by atoms with Gasteiger partial charge in [-0.1, -0.05) is 12.1 Å². The van der Waals surface area contributed by atoms with Crippen LogP contribution in [0.4, 0.5) is 5.69 Å². The van der Waals surface area contributed by atoms with Gasteiger partial charge in [-0.05, 0) is 30.9 Å². The number of amides is 1. The van der Waals surface area contributed by atoms with Crippen LogP contribution < -0.4 is 5.32 Å². The van der Waals surface area contributed by atoms with Gasteiger partial charge in [0.05, 0.1) is 11.0 Å². The van der Waals surface area contributed by atoms with Crippen LogP contribution in [0.3, 0.4) is 0 Å². The largest absolute Gasteiger partial charge is 0.388 e. The lowest BCUT2D eigenvalue weighted by Gasteiger charge is -2.10. The van der Waals surface area contributed by atoms with E-state index in [1.54, 1.807) is 19.1 Å². The van der Waals surface area contributed by atoms with E-state index >= 15 is 0 Å². The zero-order chi connectivity index (χ0) is 16.1. The molecule has 0 fully saturated rings. The normalized spacial score (nSPS) is 11.9. The fourth-order valence-electron chi connectivity index (χ4n) is 1.99. The molecular formula is C15H16N2O4S. The second-order valence-electron chi connectivity index (χ2n) is 4.83. The van der Waals surface area contributed by atoms with Crippen molar-refractivity contribution in [3.63, 3.8) is 0 Å². The van der Waals surface area contributed by atoms with Crippen molar-refractivity contribution < 1.29 is 14.8 Å². The van der Waals surface area contributed by atoms with Crippen LogP contribution >= 0.6 is 11.3 Å². The van der Waals surface area contributed by atoms with Crippen LogP contribution in [0.25, 0.3) is 0 Å². The van der Waals surface area contributed by atoms with E-state index in [2.05, 4.69) is 5.32 Å². The second-order valence-corrected chi connectivity index (χ2v) is 5.81. The molecule has 6 nitrogen and oxygen atoms in total. The number of nitrogens with one attached hydrogen (secondary N) is 1. The van der Waals surface area contributed by atoms with Gasteiger partial charge in [-0.15, -0.1) is 11.3 Å². The van der Waals surface area contributed by atoms with Crippen molar-refractivity contribution in [3.8, 4) is 0 Å². The number of nitro benzene ring substituents is 1. The number of nitrogens with zero attached hydrogens (tertiary/aromatic N) is 1. The molecule has 22 heavy (non-hydrogen) atoms. The highest BCUT2D eigenvalue weighted by Crippen LogP contribution is 2.21. The van der Waals surface area contributed by atoms with Crippen LogP contribution in [-0.4, -0.2) is 22.5 Å². The number of rotatable bonds is 6. The maximum atomic E-state index is 12.0. The van der Waals surface area contributed by atoms with E-state index in [1.807, 2.05) is 17.5 Å². The Hall–Kier alpha value is -2.25. The van der Waals surface area contributed by atoms with E-state index < -0.39 is 11.0 Å². The van der Waals surface area contributed by atoms with Gasteiger partial charge < -0.3 is 10.4 Å². The van der Waals surface area contributed by atoms with E-state index in [-0.39, 0.29) is 17.2 Å². The third-order valence-corrected chi connectivity index (χ3v) is 4.22. The molecular weight excluding hydrogens is 304 g/mol. The van der Waals surface area contributed by atoms with Crippen molar-refractivity contribution >= 4 is 22.9 Å². The van der Waals surface area contributed by atoms with Gasteiger partial charge in [-0.25, -0.2) is 0 Å². The fraction of sp³-hybridized carbons (Fsp3) is 0.267. The molecule has 1 aromatic carbocycles. The number of thiophene rings is 1. The van der Waals surface area contributed by atoms with E-state index in [0.29, 0.717) is 18.5 Å². The SMILES string of the molecule is Cc1ccc(C(=O)NCCC(O)c2cccs2)cc1[N+](=O)[O-]. The van der Waals surface area contributed by atoms with Crippen molar-refractivity contribution in [2.24, 2.45) is 0 Å². The predicted octanol–water partition coefficient (Wildman–Crippen LogP) is 2.82. The van der Waals surface area contributed by atoms with Gasteiger partial charge in [-0.3, -0.25) is 14.9 Å². The quantitative estimate of drug-likeness (QED) is 0.632. The third-order valence-electron chi connectivity index (χ3n) is 3.24. The van der Waals surface area contributed by atoms with Crippen molar-refractivity contribution in [2.75, 3.05) is 6.54 Å². The van der Waals surface area contributed by atoms with Crippen molar-refractivity contribution in [1.29, 1.82) is 0 Å². The molecule has 1 unspecified atom stereocenters. The van der Waals surface area contributed by atoms with Crippen molar-refractivity contribution in [3.05, 3.63) is 61.8 Å². The Bertz CT molecular complexity index is 670. The van der Waals surface area contributed by atoms with E-state index in [1.165, 1.54) is 17.4 Å². The maximum Gasteiger partial charge on any atom is 0.273 e. The molecule has 0 aliphatic rings. The molecule has 1 atom stereocenters. The van der Waals surface area contributed by atoms with Crippen LogP contribution in [0, 0.1) is 17.0 Å². The van der Waals surface area contributed by atoms with E-state index in [4.69, 9.17) is 0 Å². The highest BCUT2D eigenvalue weighted by molar-refractivity contribution is 7.10. The number of nitro groups is 1. The molecule has 0 saturated carbocycles. The molecule has 2 aromatic rings. The number of aliphatic hydroxyl groups excluding tert-OH is 1. The number of carbonyl (C=O) groups is 1. The Balaban J connectivity index is 1.92. The summed E-state index contributed by atoms with van der Waals surface area (Å²) >= 11 is 1.46. The Morgan fingerprint density at radius 3 is 2.86 bits per heavy atom. The average Bonchev–Trinajstić information content (AvgIpc) is 3.01. The number of hydrogen-bond donors (Lipinski definition) is 2. The minimum absolute atomic E-state index is 0.0775. The maximum absolute atomic E-state index is 12.0. The molecule has 0 radical (unpaired) electrons. The minimum atomic E-state index is -0.618. The van der Waals surface area contributed by atoms with Crippen LogP contribution in [0.1, 0.15) is 33.3 Å². The van der Waals surface area contributed by atoms with Crippen LogP contribution in [0.5, 0.6) is 0 Å². The second kappa shape index (κ2) is 7.15. The molecule has 116 valence electrons. The zero-order valence-corrected chi connectivity index (χ0v) is 12.8. The first-order valence-corrected chi connectivity index (χ1v) is 7.61. The molecule has 2 N–H and O–H groups in total. The molecule has 0 aliphatic heterocycles. The standard InChI is InChI=1S/C15H16N2O4S/c1-10-4-5-11(9-12(10)17(20)21)15(19)16-7-6-13(18)14-3-2-8-22-14/h2-5,8-9,13,18H,6-7H2,1H3,(H,16,19). The topological polar surface area (TPSA) is 92.5 Å². The van der Waals surface area contributed by atoms with Gasteiger partial charge in [0.1, 0.15) is 0 Å². The first kappa shape index (κ1) is 16.1. The Labute approximate surface area is 131 Å². The summed E-state index contributed by atoms with van der Waals surface area (Å²) in [6, 6.07) is 8.05. The molecule has 1 amide bonds. The predicted molar refractivity (Wildman–Crippen MR) is 84.1 cm³/mol. The molecule has 1 aromatic heterocycles. The number of aliphatic hydroxyl groups is 1. The van der Waals surface area contributed by atoms with Crippen LogP contribution in [0.15, 0.2) is 35.7 Å². The van der Waals surface area contributed by atoms with Gasteiger partial charge in [-0.2, -0.15) is 0 Å². The van der Waals surface area contributed by atoms with Gasteiger partial charge in [0, 0.05) is 28.6 Å². The summed E-state index contributed by atoms with van der Waals surface area (Å²) in [5.41, 5.74) is 0.670. The number of aryl methyl sites for hydroxylation is 1. The van der Waals surface area contributed by atoms with Crippen molar-refractivity contribution in [2.45, 2.75) is 19.4 Å². The lowest BCUT2D eigenvalue weighted by Crippen LogP contribution is -2.25. The summed E-state index contributed by atoms with van der Waals surface area (Å²) in [5, 5.41) is 25.3. The molecule has 0 aliphatic carbocycles.